The zero-order chi connectivity index (χ0) is 18.3. The van der Waals surface area contributed by atoms with E-state index in [1.807, 2.05) is 48.5 Å². The quantitative estimate of drug-likeness (QED) is 0.518. The molecule has 128 valence electrons. The van der Waals surface area contributed by atoms with Crippen molar-refractivity contribution in [2.45, 2.75) is 0 Å². The van der Waals surface area contributed by atoms with Gasteiger partial charge in [0.25, 0.3) is 0 Å². The van der Waals surface area contributed by atoms with E-state index >= 15 is 0 Å². The first-order valence-corrected chi connectivity index (χ1v) is 8.52. The third-order valence-electron chi connectivity index (χ3n) is 4.02. The molecule has 26 heavy (non-hydrogen) atoms. The molecule has 0 amide bonds. The second-order valence-corrected chi connectivity index (χ2v) is 6.61. The minimum Gasteiger partial charge on any atom is -0.383 e. The fraction of sp³-hybridized carbons (Fsp3) is 0. The van der Waals surface area contributed by atoms with Crippen molar-refractivity contribution in [3.05, 3.63) is 64.8 Å². The summed E-state index contributed by atoms with van der Waals surface area (Å²) in [5.41, 5.74) is 15.8. The van der Waals surface area contributed by atoms with Gasteiger partial charge in [-0.15, -0.1) is 0 Å². The molecule has 0 aliphatic carbocycles. The number of nitrogens with two attached hydrogens (primary N) is 2. The van der Waals surface area contributed by atoms with Crippen molar-refractivity contribution in [3.63, 3.8) is 0 Å². The van der Waals surface area contributed by atoms with Gasteiger partial charge in [-0.1, -0.05) is 47.5 Å². The van der Waals surface area contributed by atoms with Gasteiger partial charge in [-0.05, 0) is 35.4 Å². The highest BCUT2D eigenvalue weighted by Gasteiger charge is 2.17. The zero-order valence-electron chi connectivity index (χ0n) is 13.4. The lowest BCUT2D eigenvalue weighted by Gasteiger charge is -2.15. The highest BCUT2D eigenvalue weighted by Crippen LogP contribution is 2.39. The maximum Gasteiger partial charge on any atom is 0.224 e. The molecule has 7 heteroatoms. The minimum atomic E-state index is 0.0787. The van der Waals surface area contributed by atoms with Crippen LogP contribution in [0.2, 0.25) is 10.0 Å². The molecule has 4 aromatic rings. The number of nitrogens with zero attached hydrogens (tertiary/aromatic N) is 3. The van der Waals surface area contributed by atoms with Gasteiger partial charge in [0.15, 0.2) is 5.65 Å². The van der Waals surface area contributed by atoms with Gasteiger partial charge in [-0.2, -0.15) is 9.97 Å². The molecule has 0 spiro atoms. The molecule has 2 aromatic carbocycles. The topological polar surface area (TPSA) is 90.7 Å². The second-order valence-electron chi connectivity index (χ2n) is 5.73. The van der Waals surface area contributed by atoms with Crippen LogP contribution >= 0.6 is 23.2 Å². The number of halogens is 2. The Labute approximate surface area is 159 Å². The molecule has 0 atom stereocenters. The number of rotatable bonds is 2. The maximum absolute atomic E-state index is 6.22. The van der Waals surface area contributed by atoms with Crippen LogP contribution < -0.4 is 11.5 Å². The van der Waals surface area contributed by atoms with Crippen LogP contribution in [0.1, 0.15) is 0 Å². The van der Waals surface area contributed by atoms with Gasteiger partial charge < -0.3 is 11.5 Å². The normalized spacial score (nSPS) is 11.0. The average molecular weight is 382 g/mol. The Bertz CT molecular complexity index is 1140. The zero-order valence-corrected chi connectivity index (χ0v) is 15.0. The largest absolute Gasteiger partial charge is 0.383 e. The molecule has 5 nitrogen and oxygen atoms in total. The van der Waals surface area contributed by atoms with Gasteiger partial charge in [0.2, 0.25) is 5.95 Å². The molecule has 4 rings (SSSR count). The monoisotopic (exact) mass is 381 g/mol. The summed E-state index contributed by atoms with van der Waals surface area (Å²) in [5, 5.41) is 1.86. The van der Waals surface area contributed by atoms with Gasteiger partial charge in [0, 0.05) is 27.4 Å². The fourth-order valence-electron chi connectivity index (χ4n) is 2.96. The number of hydrogen-bond donors (Lipinski definition) is 2. The Morgan fingerprint density at radius 2 is 1.46 bits per heavy atom. The third kappa shape index (κ3) is 2.92. The number of aromatic nitrogens is 3. The Morgan fingerprint density at radius 3 is 2.15 bits per heavy atom. The van der Waals surface area contributed by atoms with E-state index in [1.54, 1.807) is 6.20 Å². The average Bonchev–Trinajstić information content (AvgIpc) is 2.60. The first kappa shape index (κ1) is 16.6. The van der Waals surface area contributed by atoms with Gasteiger partial charge in [0.1, 0.15) is 5.82 Å². The van der Waals surface area contributed by atoms with Crippen LogP contribution in [0.5, 0.6) is 0 Å². The van der Waals surface area contributed by atoms with Crippen LogP contribution in [-0.4, -0.2) is 15.0 Å². The molecule has 0 bridgehead atoms. The summed E-state index contributed by atoms with van der Waals surface area (Å²) in [7, 11) is 0. The molecule has 2 heterocycles. The smallest absolute Gasteiger partial charge is 0.224 e. The molecule has 0 saturated heterocycles. The van der Waals surface area contributed by atoms with E-state index < -0.39 is 0 Å². The first-order chi connectivity index (χ1) is 12.5. The summed E-state index contributed by atoms with van der Waals surface area (Å²) < 4.78 is 0. The van der Waals surface area contributed by atoms with Crippen molar-refractivity contribution in [2.75, 3.05) is 11.5 Å². The van der Waals surface area contributed by atoms with Crippen molar-refractivity contribution in [2.24, 2.45) is 0 Å². The van der Waals surface area contributed by atoms with E-state index in [9.17, 15) is 0 Å². The number of hydrogen-bond acceptors (Lipinski definition) is 5. The van der Waals surface area contributed by atoms with Crippen LogP contribution in [0.25, 0.3) is 33.3 Å². The Balaban J connectivity index is 2.14. The predicted molar refractivity (Wildman–Crippen MR) is 107 cm³/mol. The number of fused-ring (bicyclic) bond motifs is 1. The lowest BCUT2D eigenvalue weighted by atomic mass is 9.93. The van der Waals surface area contributed by atoms with E-state index in [0.29, 0.717) is 21.1 Å². The molecule has 0 radical (unpaired) electrons. The lowest BCUT2D eigenvalue weighted by Crippen LogP contribution is -2.03. The van der Waals surface area contributed by atoms with Crippen LogP contribution in [-0.2, 0) is 0 Å². The summed E-state index contributed by atoms with van der Waals surface area (Å²) in [4.78, 5) is 12.8. The molecular weight excluding hydrogens is 369 g/mol. The van der Waals surface area contributed by atoms with Gasteiger partial charge in [-0.3, -0.25) is 0 Å². The van der Waals surface area contributed by atoms with Crippen molar-refractivity contribution < 1.29 is 0 Å². The molecular formula is C19H13Cl2N5. The van der Waals surface area contributed by atoms with Crippen molar-refractivity contribution in [3.8, 4) is 22.3 Å². The van der Waals surface area contributed by atoms with Crippen molar-refractivity contribution >= 4 is 46.0 Å². The van der Waals surface area contributed by atoms with Gasteiger partial charge in [-0.25, -0.2) is 4.98 Å². The van der Waals surface area contributed by atoms with E-state index in [1.165, 1.54) is 0 Å². The van der Waals surface area contributed by atoms with Crippen molar-refractivity contribution in [1.29, 1.82) is 0 Å². The van der Waals surface area contributed by atoms with Crippen LogP contribution in [0.15, 0.2) is 54.7 Å². The molecule has 0 fully saturated rings. The van der Waals surface area contributed by atoms with Crippen LogP contribution in [0.3, 0.4) is 0 Å². The molecule has 4 N–H and O–H groups in total. The second kappa shape index (κ2) is 6.44. The van der Waals surface area contributed by atoms with E-state index in [2.05, 4.69) is 15.0 Å². The highest BCUT2D eigenvalue weighted by atomic mass is 35.5. The van der Waals surface area contributed by atoms with E-state index in [0.717, 1.165) is 22.3 Å². The molecule has 2 aromatic heterocycles. The summed E-state index contributed by atoms with van der Waals surface area (Å²) in [5.74, 6) is 0.342. The van der Waals surface area contributed by atoms with Gasteiger partial charge in [0.05, 0.1) is 5.39 Å². The minimum absolute atomic E-state index is 0.0787. The number of nitrogen functional groups attached to an aromatic ring is 2. The Kier molecular flexibility index (Phi) is 4.11. The lowest BCUT2D eigenvalue weighted by molar-refractivity contribution is 1.20. The highest BCUT2D eigenvalue weighted by molar-refractivity contribution is 6.31. The van der Waals surface area contributed by atoms with Crippen LogP contribution in [0.4, 0.5) is 11.8 Å². The molecule has 0 aliphatic rings. The standard InChI is InChI=1S/C19H13Cl2N5/c20-12-5-1-3-10(7-12)14-9-24-18-16(17(22)25-19(23)26-18)15(14)11-4-2-6-13(21)8-11/h1-9H,(H4,22,23,24,25,26). The molecule has 0 unspecified atom stereocenters. The summed E-state index contributed by atoms with van der Waals surface area (Å²) in [6.45, 7) is 0. The van der Waals surface area contributed by atoms with E-state index in [4.69, 9.17) is 34.7 Å². The third-order valence-corrected chi connectivity index (χ3v) is 4.49. The van der Waals surface area contributed by atoms with Gasteiger partial charge >= 0.3 is 0 Å². The SMILES string of the molecule is Nc1nc(N)c2c(-c3cccc(Cl)c3)c(-c3cccc(Cl)c3)cnc2n1. The van der Waals surface area contributed by atoms with E-state index in [-0.39, 0.29) is 11.8 Å². The Morgan fingerprint density at radius 1 is 0.808 bits per heavy atom. The predicted octanol–water partition coefficient (Wildman–Crippen LogP) is 4.83. The summed E-state index contributed by atoms with van der Waals surface area (Å²) >= 11 is 12.4. The number of pyridine rings is 1. The number of benzene rings is 2. The summed E-state index contributed by atoms with van der Waals surface area (Å²) in [6, 6.07) is 15.0. The summed E-state index contributed by atoms with van der Waals surface area (Å²) in [6.07, 6.45) is 1.73. The fourth-order valence-corrected chi connectivity index (χ4v) is 3.34. The molecule has 0 saturated carbocycles. The maximum atomic E-state index is 6.22. The van der Waals surface area contributed by atoms with Crippen molar-refractivity contribution in [1.82, 2.24) is 15.0 Å². The first-order valence-electron chi connectivity index (χ1n) is 7.76. The Hall–Kier alpha value is -2.89. The van der Waals surface area contributed by atoms with Crippen LogP contribution in [0, 0.1) is 0 Å². The number of anilines is 2. The molecule has 0 aliphatic heterocycles.